The van der Waals surface area contributed by atoms with Crippen molar-refractivity contribution in [2.75, 3.05) is 0 Å². The van der Waals surface area contributed by atoms with Gasteiger partial charge in [0.1, 0.15) is 0 Å². The average molecular weight is 122 g/mol. The Balaban J connectivity index is 2.07. The van der Waals surface area contributed by atoms with E-state index >= 15 is 0 Å². The fourth-order valence-electron chi connectivity index (χ4n) is 2.12. The quantitative estimate of drug-likeness (QED) is 0.433. The van der Waals surface area contributed by atoms with E-state index in [-0.39, 0.29) is 0 Å². The fraction of sp³-hybridized carbons (Fsp3) is 0.778. The first kappa shape index (κ1) is 5.52. The van der Waals surface area contributed by atoms with Crippen LogP contribution in [0.3, 0.4) is 0 Å². The summed E-state index contributed by atoms with van der Waals surface area (Å²) in [5, 5.41) is 0. The Labute approximate surface area is 57.0 Å². The second-order valence-corrected chi connectivity index (χ2v) is 3.94. The lowest BCUT2D eigenvalue weighted by Crippen LogP contribution is -2.12. The average Bonchev–Trinajstić information content (AvgIpc) is 2.38. The molecule has 0 heterocycles. The van der Waals surface area contributed by atoms with Crippen molar-refractivity contribution < 1.29 is 0 Å². The molecule has 0 N–H and O–H groups in total. The highest BCUT2D eigenvalue weighted by Gasteiger charge is 2.42. The van der Waals surface area contributed by atoms with Crippen LogP contribution in [0, 0.1) is 11.3 Å². The molecule has 0 aromatic rings. The van der Waals surface area contributed by atoms with Crippen molar-refractivity contribution in [3.8, 4) is 0 Å². The van der Waals surface area contributed by atoms with Crippen molar-refractivity contribution in [2.45, 2.75) is 33.1 Å². The highest BCUT2D eigenvalue weighted by Crippen LogP contribution is 2.55. The Hall–Kier alpha value is -0.260. The number of rotatable bonds is 0. The molecule has 2 atom stereocenters. The maximum atomic E-state index is 2.45. The van der Waals surface area contributed by atoms with Crippen LogP contribution in [0.4, 0.5) is 0 Å². The summed E-state index contributed by atoms with van der Waals surface area (Å²) in [6.07, 6.45) is 6.69. The normalized spacial score (nSPS) is 47.8. The van der Waals surface area contributed by atoms with E-state index in [2.05, 4.69) is 19.9 Å². The third-order valence-corrected chi connectivity index (χ3v) is 2.82. The predicted molar refractivity (Wildman–Crippen MR) is 39.2 cm³/mol. The highest BCUT2D eigenvalue weighted by atomic mass is 14.5. The summed E-state index contributed by atoms with van der Waals surface area (Å²) < 4.78 is 0. The molecule has 0 aromatic heterocycles. The smallest absolute Gasteiger partial charge is 0.00683 e. The predicted octanol–water partition coefficient (Wildman–Crippen LogP) is 2.75. The first-order valence-electron chi connectivity index (χ1n) is 3.93. The highest BCUT2D eigenvalue weighted by molar-refractivity contribution is 5.38. The summed E-state index contributed by atoms with van der Waals surface area (Å²) in [6, 6.07) is 0. The van der Waals surface area contributed by atoms with Gasteiger partial charge in [0.2, 0.25) is 0 Å². The van der Waals surface area contributed by atoms with E-state index in [0.717, 1.165) is 5.92 Å². The van der Waals surface area contributed by atoms with Gasteiger partial charge in [-0.3, -0.25) is 0 Å². The number of allylic oxidation sites excluding steroid dienone is 2. The first-order chi connectivity index (χ1) is 4.21. The Morgan fingerprint density at radius 1 is 1.67 bits per heavy atom. The molecule has 0 saturated heterocycles. The lowest BCUT2D eigenvalue weighted by atomic mass is 9.81. The fourth-order valence-corrected chi connectivity index (χ4v) is 2.12. The summed E-state index contributed by atoms with van der Waals surface area (Å²) >= 11 is 0. The zero-order valence-electron chi connectivity index (χ0n) is 6.28. The Kier molecular flexibility index (Phi) is 0.870. The topological polar surface area (TPSA) is 0 Å². The van der Waals surface area contributed by atoms with E-state index < -0.39 is 0 Å². The van der Waals surface area contributed by atoms with Gasteiger partial charge in [0.05, 0.1) is 0 Å². The number of hydrogen-bond acceptors (Lipinski definition) is 0. The van der Waals surface area contributed by atoms with Gasteiger partial charge in [-0.15, -0.1) is 0 Å². The molecular weight excluding hydrogens is 108 g/mol. The molecule has 50 valence electrons. The first-order valence-corrected chi connectivity index (χ1v) is 3.93. The number of hydrogen-bond donors (Lipinski definition) is 0. The van der Waals surface area contributed by atoms with Crippen LogP contribution in [0.15, 0.2) is 11.6 Å². The monoisotopic (exact) mass is 122 g/mol. The lowest BCUT2D eigenvalue weighted by Gasteiger charge is -2.23. The van der Waals surface area contributed by atoms with Crippen molar-refractivity contribution in [2.24, 2.45) is 11.3 Å². The molecule has 0 radical (unpaired) electrons. The van der Waals surface area contributed by atoms with Gasteiger partial charge < -0.3 is 0 Å². The Bertz CT molecular complexity index is 167. The zero-order valence-corrected chi connectivity index (χ0v) is 6.28. The molecule has 0 aromatic carbocycles. The molecule has 0 nitrogen and oxygen atoms in total. The molecule has 2 unspecified atom stereocenters. The summed E-state index contributed by atoms with van der Waals surface area (Å²) in [5.41, 5.74) is 2.35. The SMILES string of the molecule is CC1CCC2=CC2(C)C1. The maximum Gasteiger partial charge on any atom is 0.00683 e. The minimum absolute atomic E-state index is 0.609. The van der Waals surface area contributed by atoms with Gasteiger partial charge in [-0.25, -0.2) is 0 Å². The molecular formula is C9H14. The molecule has 0 aliphatic heterocycles. The van der Waals surface area contributed by atoms with Crippen LogP contribution in [0.2, 0.25) is 0 Å². The third-order valence-electron chi connectivity index (χ3n) is 2.82. The van der Waals surface area contributed by atoms with Crippen molar-refractivity contribution in [3.63, 3.8) is 0 Å². The molecule has 0 bridgehead atoms. The Morgan fingerprint density at radius 3 is 3.00 bits per heavy atom. The van der Waals surface area contributed by atoms with E-state index in [1.54, 1.807) is 5.57 Å². The van der Waals surface area contributed by atoms with Crippen molar-refractivity contribution in [1.29, 1.82) is 0 Å². The zero-order chi connectivity index (χ0) is 6.48. The van der Waals surface area contributed by atoms with Crippen molar-refractivity contribution in [1.82, 2.24) is 0 Å². The van der Waals surface area contributed by atoms with Gasteiger partial charge >= 0.3 is 0 Å². The molecule has 0 amide bonds. The van der Waals surface area contributed by atoms with Crippen LogP contribution in [0.5, 0.6) is 0 Å². The van der Waals surface area contributed by atoms with Crippen LogP contribution in [0.25, 0.3) is 0 Å². The van der Waals surface area contributed by atoms with Crippen LogP contribution < -0.4 is 0 Å². The van der Waals surface area contributed by atoms with E-state index in [4.69, 9.17) is 0 Å². The summed E-state index contributed by atoms with van der Waals surface area (Å²) in [6.45, 7) is 4.74. The van der Waals surface area contributed by atoms with Crippen LogP contribution in [-0.4, -0.2) is 0 Å². The van der Waals surface area contributed by atoms with Crippen molar-refractivity contribution >= 4 is 0 Å². The largest absolute Gasteiger partial charge is 0.0745 e. The molecule has 0 spiro atoms. The van der Waals surface area contributed by atoms with E-state index in [1.165, 1.54) is 19.3 Å². The van der Waals surface area contributed by atoms with Gasteiger partial charge in [0.15, 0.2) is 0 Å². The molecule has 2 aliphatic rings. The molecule has 1 saturated carbocycles. The second kappa shape index (κ2) is 1.42. The Morgan fingerprint density at radius 2 is 2.44 bits per heavy atom. The lowest BCUT2D eigenvalue weighted by molar-refractivity contribution is 0.354. The molecule has 2 rings (SSSR count). The summed E-state index contributed by atoms with van der Waals surface area (Å²) in [7, 11) is 0. The third kappa shape index (κ3) is 0.726. The molecule has 1 fully saturated rings. The van der Waals surface area contributed by atoms with Crippen LogP contribution >= 0.6 is 0 Å². The summed E-state index contributed by atoms with van der Waals surface area (Å²) in [4.78, 5) is 0. The van der Waals surface area contributed by atoms with E-state index in [1.807, 2.05) is 0 Å². The second-order valence-electron chi connectivity index (χ2n) is 3.94. The van der Waals surface area contributed by atoms with E-state index in [9.17, 15) is 0 Å². The molecule has 2 aliphatic carbocycles. The number of fused-ring (bicyclic) bond motifs is 1. The van der Waals surface area contributed by atoms with Gasteiger partial charge in [0, 0.05) is 5.41 Å². The molecule has 9 heavy (non-hydrogen) atoms. The summed E-state index contributed by atoms with van der Waals surface area (Å²) in [5.74, 6) is 0.970. The molecule has 0 heteroatoms. The van der Waals surface area contributed by atoms with Gasteiger partial charge in [-0.2, -0.15) is 0 Å². The van der Waals surface area contributed by atoms with Gasteiger partial charge in [-0.05, 0) is 25.2 Å². The van der Waals surface area contributed by atoms with Gasteiger partial charge in [-0.1, -0.05) is 25.5 Å². The minimum Gasteiger partial charge on any atom is -0.0745 e. The minimum atomic E-state index is 0.609. The maximum absolute atomic E-state index is 2.45. The van der Waals surface area contributed by atoms with Crippen molar-refractivity contribution in [3.05, 3.63) is 11.6 Å². The van der Waals surface area contributed by atoms with Crippen LogP contribution in [0.1, 0.15) is 33.1 Å². The van der Waals surface area contributed by atoms with Crippen LogP contribution in [-0.2, 0) is 0 Å². The van der Waals surface area contributed by atoms with Gasteiger partial charge in [0.25, 0.3) is 0 Å². The standard InChI is InChI=1S/C9H14/c1-7-3-4-8-6-9(8,2)5-7/h6-7H,3-5H2,1-2H3. The van der Waals surface area contributed by atoms with E-state index in [0.29, 0.717) is 5.41 Å².